The summed E-state index contributed by atoms with van der Waals surface area (Å²) in [6.07, 6.45) is 2.93. The summed E-state index contributed by atoms with van der Waals surface area (Å²) in [6, 6.07) is 7.57. The summed E-state index contributed by atoms with van der Waals surface area (Å²) in [7, 11) is 0. The van der Waals surface area contributed by atoms with Crippen molar-refractivity contribution in [2.24, 2.45) is 11.8 Å². The van der Waals surface area contributed by atoms with Gasteiger partial charge in [-0.25, -0.2) is 0 Å². The minimum absolute atomic E-state index is 0.180. The van der Waals surface area contributed by atoms with E-state index < -0.39 is 40.2 Å². The first-order valence-corrected chi connectivity index (χ1v) is 12.3. The molecule has 2 amide bonds. The van der Waals surface area contributed by atoms with Crippen LogP contribution in [-0.2, 0) is 14.4 Å². The van der Waals surface area contributed by atoms with Gasteiger partial charge < -0.3 is 20.0 Å². The number of hydrogen-bond donors (Lipinski definition) is 2. The van der Waals surface area contributed by atoms with Gasteiger partial charge in [-0.2, -0.15) is 0 Å². The monoisotopic (exact) mass is 472 g/mol. The van der Waals surface area contributed by atoms with Crippen LogP contribution >= 0.6 is 11.8 Å². The van der Waals surface area contributed by atoms with Crippen molar-refractivity contribution >= 4 is 29.5 Å². The van der Waals surface area contributed by atoms with Gasteiger partial charge in [0.25, 0.3) is 0 Å². The lowest BCUT2D eigenvalue weighted by Gasteiger charge is -2.43. The number of amides is 2. The number of carbonyl (C=O) groups is 3. The molecule has 3 aliphatic heterocycles. The van der Waals surface area contributed by atoms with E-state index in [0.717, 1.165) is 5.56 Å². The Hall–Kier alpha value is -2.32. The summed E-state index contributed by atoms with van der Waals surface area (Å²) in [5.74, 6) is -3.15. The summed E-state index contributed by atoms with van der Waals surface area (Å²) in [5, 5.41) is 20.2. The number of fused-ring (bicyclic) bond motifs is 1. The van der Waals surface area contributed by atoms with E-state index in [0.29, 0.717) is 19.4 Å². The predicted octanol–water partition coefficient (Wildman–Crippen LogP) is 2.71. The summed E-state index contributed by atoms with van der Waals surface area (Å²) in [4.78, 5) is 43.6. The number of thioether (sulfide) groups is 1. The molecule has 2 N–H and O–H groups in total. The SMILES string of the molecule is C=CCN(C(=O)C1N([C@H](CO)c2ccccc2)C(=O)[C@@H]2[C@H](C(=O)O)[C@@H]3CCC12S3)C(C)(C)C. The molecule has 3 saturated heterocycles. The van der Waals surface area contributed by atoms with Crippen molar-refractivity contribution in [3.8, 4) is 0 Å². The van der Waals surface area contributed by atoms with Crippen LogP contribution in [0.2, 0.25) is 0 Å². The Morgan fingerprint density at radius 2 is 2.00 bits per heavy atom. The van der Waals surface area contributed by atoms with Crippen molar-refractivity contribution in [1.82, 2.24) is 9.80 Å². The average molecular weight is 473 g/mol. The maximum Gasteiger partial charge on any atom is 0.308 e. The van der Waals surface area contributed by atoms with Crippen LogP contribution in [0.3, 0.4) is 0 Å². The molecule has 0 saturated carbocycles. The topological polar surface area (TPSA) is 98.2 Å². The minimum Gasteiger partial charge on any atom is -0.481 e. The molecular formula is C25H32N2O5S. The first-order valence-electron chi connectivity index (χ1n) is 11.4. The molecule has 0 aliphatic carbocycles. The Bertz CT molecular complexity index is 961. The average Bonchev–Trinajstić information content (AvgIpc) is 3.40. The summed E-state index contributed by atoms with van der Waals surface area (Å²) in [6.45, 7) is 9.57. The molecule has 7 nitrogen and oxygen atoms in total. The molecule has 3 fully saturated rings. The Balaban J connectivity index is 1.87. The zero-order valence-corrected chi connectivity index (χ0v) is 20.1. The van der Waals surface area contributed by atoms with Gasteiger partial charge in [-0.1, -0.05) is 36.4 Å². The van der Waals surface area contributed by atoms with Gasteiger partial charge in [0, 0.05) is 17.3 Å². The molecule has 33 heavy (non-hydrogen) atoms. The third kappa shape index (κ3) is 3.58. The Morgan fingerprint density at radius 1 is 1.33 bits per heavy atom. The number of hydrogen-bond acceptors (Lipinski definition) is 5. The molecular weight excluding hydrogens is 440 g/mol. The predicted molar refractivity (Wildman–Crippen MR) is 127 cm³/mol. The first-order chi connectivity index (χ1) is 15.6. The molecule has 8 heteroatoms. The molecule has 178 valence electrons. The molecule has 1 aromatic carbocycles. The summed E-state index contributed by atoms with van der Waals surface area (Å²) in [5.41, 5.74) is 0.198. The van der Waals surface area contributed by atoms with Crippen molar-refractivity contribution in [3.05, 3.63) is 48.6 Å². The second kappa shape index (κ2) is 8.47. The second-order valence-electron chi connectivity index (χ2n) is 10.2. The number of aliphatic hydroxyl groups is 1. The van der Waals surface area contributed by atoms with E-state index in [1.165, 1.54) is 16.7 Å². The van der Waals surface area contributed by atoms with Gasteiger partial charge in [0.05, 0.1) is 29.2 Å². The largest absolute Gasteiger partial charge is 0.481 e. The van der Waals surface area contributed by atoms with E-state index in [1.807, 2.05) is 51.1 Å². The fourth-order valence-electron chi connectivity index (χ4n) is 5.99. The molecule has 2 unspecified atom stereocenters. The van der Waals surface area contributed by atoms with Gasteiger partial charge in [0.15, 0.2) is 0 Å². The third-order valence-electron chi connectivity index (χ3n) is 7.34. The van der Waals surface area contributed by atoms with Crippen molar-refractivity contribution in [2.75, 3.05) is 13.2 Å². The van der Waals surface area contributed by atoms with Gasteiger partial charge in [0.2, 0.25) is 11.8 Å². The van der Waals surface area contributed by atoms with Gasteiger partial charge in [-0.05, 0) is 39.2 Å². The van der Waals surface area contributed by atoms with E-state index in [-0.39, 0.29) is 23.7 Å². The van der Waals surface area contributed by atoms with E-state index >= 15 is 0 Å². The highest BCUT2D eigenvalue weighted by atomic mass is 32.2. The Labute approximate surface area is 198 Å². The van der Waals surface area contributed by atoms with Crippen LogP contribution in [0.4, 0.5) is 0 Å². The third-order valence-corrected chi connectivity index (χ3v) is 9.29. The maximum atomic E-state index is 14.2. The van der Waals surface area contributed by atoms with Crippen LogP contribution in [0.5, 0.6) is 0 Å². The molecule has 4 rings (SSSR count). The lowest BCUT2D eigenvalue weighted by atomic mass is 9.71. The standard InChI is InChI=1S/C25H32N2O5S/c1-5-13-26(24(2,3)4)22(30)20-25-12-11-17(33-25)18(23(31)32)19(25)21(29)27(20)16(14-28)15-9-7-6-8-10-15/h5-10,16-20,28H,1,11-14H2,2-4H3,(H,31,32)/t16-,17+,18-,19+,20?,25?/m1/s1. The van der Waals surface area contributed by atoms with Gasteiger partial charge in [-0.15, -0.1) is 18.3 Å². The van der Waals surface area contributed by atoms with Crippen molar-refractivity contribution in [1.29, 1.82) is 0 Å². The van der Waals surface area contributed by atoms with Crippen LogP contribution in [0.15, 0.2) is 43.0 Å². The lowest BCUT2D eigenvalue weighted by Crippen LogP contribution is -2.59. The molecule has 2 bridgehead atoms. The quantitative estimate of drug-likeness (QED) is 0.592. The highest BCUT2D eigenvalue weighted by molar-refractivity contribution is 8.02. The molecule has 1 spiro atoms. The van der Waals surface area contributed by atoms with Crippen LogP contribution in [0.1, 0.15) is 45.2 Å². The van der Waals surface area contributed by atoms with Gasteiger partial charge >= 0.3 is 5.97 Å². The first kappa shape index (κ1) is 23.8. The summed E-state index contributed by atoms with van der Waals surface area (Å²) < 4.78 is -0.811. The van der Waals surface area contributed by atoms with Crippen LogP contribution in [-0.4, -0.2) is 72.5 Å². The molecule has 3 heterocycles. The van der Waals surface area contributed by atoms with E-state index in [4.69, 9.17) is 0 Å². The highest BCUT2D eigenvalue weighted by Crippen LogP contribution is 2.67. The number of benzene rings is 1. The smallest absolute Gasteiger partial charge is 0.308 e. The van der Waals surface area contributed by atoms with Gasteiger partial charge in [0.1, 0.15) is 6.04 Å². The van der Waals surface area contributed by atoms with Crippen LogP contribution < -0.4 is 0 Å². The molecule has 0 aromatic heterocycles. The van der Waals surface area contributed by atoms with E-state index in [9.17, 15) is 24.6 Å². The number of likely N-dealkylation sites (tertiary alicyclic amines) is 1. The minimum atomic E-state index is -0.987. The van der Waals surface area contributed by atoms with Crippen molar-refractivity contribution in [2.45, 2.75) is 61.2 Å². The maximum absolute atomic E-state index is 14.2. The second-order valence-corrected chi connectivity index (χ2v) is 11.8. The van der Waals surface area contributed by atoms with Crippen molar-refractivity contribution in [3.63, 3.8) is 0 Å². The number of rotatable bonds is 7. The fourth-order valence-corrected chi connectivity index (χ4v) is 8.18. The lowest BCUT2D eigenvalue weighted by molar-refractivity contribution is -0.150. The number of aliphatic hydroxyl groups excluding tert-OH is 1. The van der Waals surface area contributed by atoms with E-state index in [2.05, 4.69) is 6.58 Å². The molecule has 3 aliphatic rings. The Morgan fingerprint density at radius 3 is 2.55 bits per heavy atom. The number of carboxylic acid groups (broad SMARTS) is 1. The van der Waals surface area contributed by atoms with E-state index in [1.54, 1.807) is 11.0 Å². The molecule has 1 aromatic rings. The van der Waals surface area contributed by atoms with Crippen LogP contribution in [0.25, 0.3) is 0 Å². The number of carbonyl (C=O) groups excluding carboxylic acids is 2. The normalized spacial score (nSPS) is 31.4. The Kier molecular flexibility index (Phi) is 6.12. The zero-order chi connectivity index (χ0) is 24.1. The van der Waals surface area contributed by atoms with Crippen molar-refractivity contribution < 1.29 is 24.6 Å². The highest BCUT2D eigenvalue weighted by Gasteiger charge is 2.74. The number of aliphatic carboxylic acids is 1. The summed E-state index contributed by atoms with van der Waals surface area (Å²) >= 11 is 1.50. The molecule has 6 atom stereocenters. The number of nitrogens with zero attached hydrogens (tertiary/aromatic N) is 2. The zero-order valence-electron chi connectivity index (χ0n) is 19.3. The van der Waals surface area contributed by atoms with Crippen LogP contribution in [0, 0.1) is 11.8 Å². The fraction of sp³-hybridized carbons (Fsp3) is 0.560. The molecule has 0 radical (unpaired) electrons. The number of carboxylic acids is 1. The van der Waals surface area contributed by atoms with Gasteiger partial charge in [-0.3, -0.25) is 14.4 Å².